The van der Waals surface area contributed by atoms with Gasteiger partial charge in [0.05, 0.1) is 23.1 Å². The van der Waals surface area contributed by atoms with E-state index < -0.39 is 0 Å². The third-order valence-electron chi connectivity index (χ3n) is 4.56. The van der Waals surface area contributed by atoms with Crippen LogP contribution >= 0.6 is 8.58 Å². The van der Waals surface area contributed by atoms with E-state index in [2.05, 4.69) is 56.4 Å². The highest BCUT2D eigenvalue weighted by molar-refractivity contribution is 7.49. The lowest BCUT2D eigenvalue weighted by Crippen LogP contribution is -2.41. The van der Waals surface area contributed by atoms with Crippen LogP contribution in [0.25, 0.3) is 11.3 Å². The predicted molar refractivity (Wildman–Crippen MR) is 97.9 cm³/mol. The molecule has 0 saturated carbocycles. The van der Waals surface area contributed by atoms with Crippen LogP contribution in [0.2, 0.25) is 0 Å². The molecule has 1 N–H and O–H groups in total. The van der Waals surface area contributed by atoms with Crippen molar-refractivity contribution in [3.63, 3.8) is 0 Å². The number of nitrogens with zero attached hydrogens (tertiary/aromatic N) is 1. The van der Waals surface area contributed by atoms with Gasteiger partial charge in [0.25, 0.3) is 0 Å². The molecule has 2 aromatic rings. The first kappa shape index (κ1) is 16.4. The Kier molecular flexibility index (Phi) is 4.22. The smallest absolute Gasteiger partial charge is 0.399 e. The Morgan fingerprint density at radius 1 is 1.13 bits per heavy atom. The summed E-state index contributed by atoms with van der Waals surface area (Å²) >= 11 is 0. The largest absolute Gasteiger partial charge is 0.494 e. The van der Waals surface area contributed by atoms with Gasteiger partial charge in [0.1, 0.15) is 5.57 Å². The maximum Gasteiger partial charge on any atom is 0.494 e. The molecule has 0 radical (unpaired) electrons. The maximum absolute atomic E-state index is 6.08. The van der Waals surface area contributed by atoms with Crippen LogP contribution in [-0.2, 0) is 9.31 Å². The van der Waals surface area contributed by atoms with Crippen molar-refractivity contribution in [2.24, 2.45) is 0 Å². The lowest BCUT2D eigenvalue weighted by atomic mass is 9.79. The molecular weight excluding hydrogens is 306 g/mol. The molecule has 1 atom stereocenters. The molecule has 1 unspecified atom stereocenters. The summed E-state index contributed by atoms with van der Waals surface area (Å²) in [5.74, 6) is 1.87. The molecule has 1 fully saturated rings. The summed E-state index contributed by atoms with van der Waals surface area (Å²) in [5.41, 5.74) is 3.44. The summed E-state index contributed by atoms with van der Waals surface area (Å²) in [5, 5.41) is 0. The lowest BCUT2D eigenvalue weighted by Gasteiger charge is -2.32. The molecule has 3 rings (SSSR count). The highest BCUT2D eigenvalue weighted by atomic mass is 31.1. The van der Waals surface area contributed by atoms with E-state index in [0.717, 1.165) is 22.3 Å². The second-order valence-electron chi connectivity index (χ2n) is 6.70. The fraction of sp³-hybridized carbons (Fsp3) is 0.353. The molecule has 23 heavy (non-hydrogen) atoms. The van der Waals surface area contributed by atoms with Gasteiger partial charge in [-0.25, -0.2) is 4.98 Å². The fourth-order valence-corrected chi connectivity index (χ4v) is 2.98. The molecule has 0 amide bonds. The minimum atomic E-state index is -0.325. The van der Waals surface area contributed by atoms with Crippen LogP contribution in [0.3, 0.4) is 0 Å². The van der Waals surface area contributed by atoms with Crippen LogP contribution in [0.1, 0.15) is 27.7 Å². The van der Waals surface area contributed by atoms with E-state index in [1.165, 1.54) is 0 Å². The predicted octanol–water partition coefficient (Wildman–Crippen LogP) is 2.82. The SMILES string of the molecule is C=CPc1ncc(-c2ccc(B3OC(C)(C)C(C)(C)O3)cc2)[nH]1. The average Bonchev–Trinajstić information content (AvgIpc) is 3.03. The third-order valence-corrected chi connectivity index (χ3v) is 5.29. The average molecular weight is 328 g/mol. The summed E-state index contributed by atoms with van der Waals surface area (Å²) in [4.78, 5) is 7.67. The maximum atomic E-state index is 6.08. The molecule has 0 bridgehead atoms. The summed E-state index contributed by atoms with van der Waals surface area (Å²) in [7, 11) is 0.174. The van der Waals surface area contributed by atoms with Crippen LogP contribution in [0.15, 0.2) is 42.9 Å². The van der Waals surface area contributed by atoms with Gasteiger partial charge in [-0.05, 0) is 47.3 Å². The molecule has 1 aromatic heterocycles. The Morgan fingerprint density at radius 2 is 1.74 bits per heavy atom. The molecule has 6 heteroatoms. The van der Waals surface area contributed by atoms with Crippen molar-refractivity contribution in [3.8, 4) is 11.3 Å². The number of hydrogen-bond acceptors (Lipinski definition) is 3. The number of H-pyrrole nitrogens is 1. The minimum absolute atomic E-state index is 0.319. The minimum Gasteiger partial charge on any atom is -0.399 e. The zero-order valence-electron chi connectivity index (χ0n) is 14.0. The second-order valence-corrected chi connectivity index (χ2v) is 7.87. The summed E-state index contributed by atoms with van der Waals surface area (Å²) < 4.78 is 12.2. The van der Waals surface area contributed by atoms with E-state index >= 15 is 0 Å². The van der Waals surface area contributed by atoms with Gasteiger partial charge >= 0.3 is 7.12 Å². The zero-order valence-corrected chi connectivity index (χ0v) is 15.0. The summed E-state index contributed by atoms with van der Waals surface area (Å²) in [6.45, 7) is 12.0. The summed E-state index contributed by atoms with van der Waals surface area (Å²) in [6, 6.07) is 8.23. The molecule has 1 aromatic carbocycles. The lowest BCUT2D eigenvalue weighted by molar-refractivity contribution is 0.00578. The molecule has 1 aliphatic rings. The first-order valence-corrected chi connectivity index (χ1v) is 8.78. The molecular formula is C17H22BN2O2P. The second kappa shape index (κ2) is 5.90. The topological polar surface area (TPSA) is 47.1 Å². The molecule has 0 spiro atoms. The Balaban J connectivity index is 1.78. The number of nitrogens with one attached hydrogen (secondary N) is 1. The zero-order chi connectivity index (χ0) is 16.7. The van der Waals surface area contributed by atoms with Crippen molar-refractivity contribution in [2.75, 3.05) is 0 Å². The van der Waals surface area contributed by atoms with Gasteiger partial charge in [0, 0.05) is 0 Å². The van der Waals surface area contributed by atoms with Crippen LogP contribution in [0.5, 0.6) is 0 Å². The standard InChI is InChI=1S/C17H22BN2O2P/c1-6-23-15-19-11-14(20-15)12-7-9-13(10-8-12)18-21-16(2,3)17(4,5)22-18/h6-11,23H,1H2,2-5H3,(H,19,20). The van der Waals surface area contributed by atoms with Crippen molar-refractivity contribution < 1.29 is 9.31 Å². The number of benzene rings is 1. The van der Waals surface area contributed by atoms with E-state index in [1.54, 1.807) is 0 Å². The van der Waals surface area contributed by atoms with Crippen molar-refractivity contribution >= 4 is 26.7 Å². The number of hydrogen-bond donors (Lipinski definition) is 1. The monoisotopic (exact) mass is 328 g/mol. The van der Waals surface area contributed by atoms with Crippen molar-refractivity contribution in [3.05, 3.63) is 42.9 Å². The number of imidazole rings is 1. The van der Waals surface area contributed by atoms with Gasteiger partial charge in [-0.3, -0.25) is 0 Å². The van der Waals surface area contributed by atoms with Crippen LogP contribution < -0.4 is 11.0 Å². The number of rotatable bonds is 4. The Hall–Kier alpha value is -1.42. The Bertz CT molecular complexity index is 694. The van der Waals surface area contributed by atoms with Gasteiger partial charge in [0.15, 0.2) is 0 Å². The fourth-order valence-electron chi connectivity index (χ4n) is 2.44. The highest BCUT2D eigenvalue weighted by Gasteiger charge is 2.51. The van der Waals surface area contributed by atoms with Gasteiger partial charge in [0.2, 0.25) is 0 Å². The van der Waals surface area contributed by atoms with Crippen LogP contribution in [0.4, 0.5) is 0 Å². The van der Waals surface area contributed by atoms with Crippen molar-refractivity contribution in [2.45, 2.75) is 38.9 Å². The van der Waals surface area contributed by atoms with E-state index in [1.807, 2.05) is 24.1 Å². The Labute approximate surface area is 139 Å². The first-order chi connectivity index (χ1) is 10.8. The number of aromatic amines is 1. The van der Waals surface area contributed by atoms with E-state index in [0.29, 0.717) is 8.58 Å². The molecule has 1 aliphatic heterocycles. The third kappa shape index (κ3) is 3.14. The van der Waals surface area contributed by atoms with Gasteiger partial charge in [-0.2, -0.15) is 0 Å². The van der Waals surface area contributed by atoms with Crippen molar-refractivity contribution in [1.82, 2.24) is 9.97 Å². The molecule has 4 nitrogen and oxygen atoms in total. The molecule has 120 valence electrons. The first-order valence-electron chi connectivity index (χ1n) is 7.71. The van der Waals surface area contributed by atoms with Gasteiger partial charge in [-0.1, -0.05) is 36.7 Å². The summed E-state index contributed by atoms with van der Waals surface area (Å²) in [6.07, 6.45) is 1.86. The van der Waals surface area contributed by atoms with E-state index in [-0.39, 0.29) is 18.3 Å². The normalized spacial score (nSPS) is 19.6. The quantitative estimate of drug-likeness (QED) is 0.693. The number of aromatic nitrogens is 2. The van der Waals surface area contributed by atoms with E-state index in [4.69, 9.17) is 9.31 Å². The van der Waals surface area contributed by atoms with Crippen molar-refractivity contribution in [1.29, 1.82) is 0 Å². The van der Waals surface area contributed by atoms with Gasteiger partial charge < -0.3 is 14.3 Å². The highest BCUT2D eigenvalue weighted by Crippen LogP contribution is 2.36. The molecule has 1 saturated heterocycles. The Morgan fingerprint density at radius 3 is 2.30 bits per heavy atom. The van der Waals surface area contributed by atoms with Crippen LogP contribution in [0, 0.1) is 0 Å². The van der Waals surface area contributed by atoms with Crippen LogP contribution in [-0.4, -0.2) is 28.3 Å². The molecule has 0 aliphatic carbocycles. The van der Waals surface area contributed by atoms with Gasteiger partial charge in [-0.15, -0.1) is 0 Å². The molecule has 2 heterocycles. The van der Waals surface area contributed by atoms with E-state index in [9.17, 15) is 0 Å².